The zero-order valence-electron chi connectivity index (χ0n) is 11.5. The molecule has 1 heterocycles. The number of ether oxygens (including phenoxy) is 1. The quantitative estimate of drug-likeness (QED) is 0.570. The molecule has 7 heteroatoms. The molecular weight excluding hydrogens is 356 g/mol. The van der Waals surface area contributed by atoms with Crippen LogP contribution in [0.5, 0.6) is 0 Å². The van der Waals surface area contributed by atoms with Gasteiger partial charge in [-0.2, -0.15) is 0 Å². The summed E-state index contributed by atoms with van der Waals surface area (Å²) in [6.45, 7) is 1.51. The van der Waals surface area contributed by atoms with Gasteiger partial charge < -0.3 is 4.74 Å². The summed E-state index contributed by atoms with van der Waals surface area (Å²) in [5.41, 5.74) is 0.668. The summed E-state index contributed by atoms with van der Waals surface area (Å²) in [7, 11) is -3.53. The zero-order chi connectivity index (χ0) is 15.1. The van der Waals surface area contributed by atoms with E-state index in [1.54, 1.807) is 36.5 Å². The van der Waals surface area contributed by atoms with Gasteiger partial charge in [-0.15, -0.1) is 0 Å². The Labute approximate surface area is 132 Å². The fourth-order valence-electron chi connectivity index (χ4n) is 1.92. The van der Waals surface area contributed by atoms with E-state index in [-0.39, 0.29) is 4.90 Å². The van der Waals surface area contributed by atoms with Crippen molar-refractivity contribution in [2.75, 3.05) is 25.1 Å². The van der Waals surface area contributed by atoms with E-state index in [9.17, 15) is 8.42 Å². The van der Waals surface area contributed by atoms with Gasteiger partial charge in [0.2, 0.25) is 10.0 Å². The van der Waals surface area contributed by atoms with E-state index in [4.69, 9.17) is 4.74 Å². The summed E-state index contributed by atoms with van der Waals surface area (Å²) in [5.74, 6) is 0. The maximum absolute atomic E-state index is 12.3. The molecule has 0 saturated carbocycles. The molecule has 2 rings (SSSR count). The van der Waals surface area contributed by atoms with Gasteiger partial charge in [0.05, 0.1) is 17.0 Å². The zero-order valence-corrected chi connectivity index (χ0v) is 13.9. The minimum atomic E-state index is -3.53. The molecule has 0 amide bonds. The number of pyridine rings is 1. The highest BCUT2D eigenvalue weighted by Crippen LogP contribution is 2.20. The molecule has 0 unspecified atom stereocenters. The average molecular weight is 373 g/mol. The smallest absolute Gasteiger partial charge is 0.241 e. The Hall–Kier alpha value is -1.02. The highest BCUT2D eigenvalue weighted by atomic mass is 79.9. The van der Waals surface area contributed by atoms with Crippen LogP contribution in [0.3, 0.4) is 0 Å². The number of benzene rings is 1. The van der Waals surface area contributed by atoms with Crippen LogP contribution in [0, 0.1) is 0 Å². The van der Waals surface area contributed by atoms with Crippen molar-refractivity contribution in [1.82, 2.24) is 9.71 Å². The summed E-state index contributed by atoms with van der Waals surface area (Å²) in [5, 5.41) is 1.41. The first kappa shape index (κ1) is 16.4. The molecule has 0 atom stereocenters. The fraction of sp³-hybridized carbons (Fsp3) is 0.357. The molecule has 0 radical (unpaired) electrons. The summed E-state index contributed by atoms with van der Waals surface area (Å²) in [4.78, 5) is 4.43. The lowest BCUT2D eigenvalue weighted by Crippen LogP contribution is -2.25. The number of nitrogens with zero attached hydrogens (tertiary/aromatic N) is 1. The van der Waals surface area contributed by atoms with E-state index in [0.29, 0.717) is 37.1 Å². The van der Waals surface area contributed by atoms with Gasteiger partial charge in [-0.25, -0.2) is 13.1 Å². The van der Waals surface area contributed by atoms with E-state index in [1.165, 1.54) is 0 Å². The van der Waals surface area contributed by atoms with Crippen LogP contribution in [0.2, 0.25) is 0 Å². The number of hydrogen-bond acceptors (Lipinski definition) is 4. The molecule has 0 aliphatic carbocycles. The molecule has 0 fully saturated rings. The maximum Gasteiger partial charge on any atom is 0.241 e. The predicted molar refractivity (Wildman–Crippen MR) is 86.2 cm³/mol. The van der Waals surface area contributed by atoms with Crippen molar-refractivity contribution in [2.45, 2.75) is 11.3 Å². The Bertz CT molecular complexity index is 686. The Morgan fingerprint density at radius 2 is 2.05 bits per heavy atom. The van der Waals surface area contributed by atoms with Crippen molar-refractivity contribution >= 4 is 36.9 Å². The predicted octanol–water partition coefficient (Wildman–Crippen LogP) is 2.31. The van der Waals surface area contributed by atoms with Gasteiger partial charge >= 0.3 is 0 Å². The lowest BCUT2D eigenvalue weighted by atomic mass is 10.2. The second-order valence-electron chi connectivity index (χ2n) is 4.38. The number of nitrogens with one attached hydrogen (secondary N) is 1. The van der Waals surface area contributed by atoms with Crippen molar-refractivity contribution < 1.29 is 13.2 Å². The minimum absolute atomic E-state index is 0.259. The second kappa shape index (κ2) is 7.84. The molecule has 2 aromatic rings. The number of hydrogen-bond donors (Lipinski definition) is 1. The topological polar surface area (TPSA) is 68.3 Å². The van der Waals surface area contributed by atoms with Crippen LogP contribution in [0.25, 0.3) is 10.9 Å². The van der Waals surface area contributed by atoms with E-state index in [1.807, 2.05) is 0 Å². The van der Waals surface area contributed by atoms with Crippen molar-refractivity contribution in [1.29, 1.82) is 0 Å². The molecule has 5 nitrogen and oxygen atoms in total. The molecule has 0 saturated heterocycles. The summed E-state index contributed by atoms with van der Waals surface area (Å²) in [6.07, 6.45) is 2.28. The number of aromatic nitrogens is 1. The van der Waals surface area contributed by atoms with Crippen LogP contribution in [-0.4, -0.2) is 38.5 Å². The lowest BCUT2D eigenvalue weighted by Gasteiger charge is -2.09. The third kappa shape index (κ3) is 4.47. The third-order valence-electron chi connectivity index (χ3n) is 2.87. The molecule has 1 aromatic heterocycles. The Kier molecular flexibility index (Phi) is 6.10. The monoisotopic (exact) mass is 372 g/mol. The van der Waals surface area contributed by atoms with Crippen LogP contribution in [-0.2, 0) is 14.8 Å². The van der Waals surface area contributed by atoms with Gasteiger partial charge in [0.1, 0.15) is 0 Å². The van der Waals surface area contributed by atoms with Crippen LogP contribution in [0.1, 0.15) is 6.42 Å². The van der Waals surface area contributed by atoms with E-state index in [0.717, 1.165) is 5.33 Å². The molecule has 0 aliphatic heterocycles. The third-order valence-corrected chi connectivity index (χ3v) is 4.72. The number of sulfonamides is 1. The number of fused-ring (bicyclic) bond motifs is 1. The van der Waals surface area contributed by atoms with Gasteiger partial charge in [-0.3, -0.25) is 4.98 Å². The fourth-order valence-corrected chi connectivity index (χ4v) is 3.44. The SMILES string of the molecule is O=S(=O)(NCCCOCCBr)c1cccc2ncccc12. The van der Waals surface area contributed by atoms with Gasteiger partial charge in [0, 0.05) is 30.1 Å². The van der Waals surface area contributed by atoms with Crippen LogP contribution in [0.15, 0.2) is 41.4 Å². The van der Waals surface area contributed by atoms with Crippen LogP contribution in [0.4, 0.5) is 0 Å². The highest BCUT2D eigenvalue weighted by Gasteiger charge is 2.16. The van der Waals surface area contributed by atoms with E-state index in [2.05, 4.69) is 25.6 Å². The Morgan fingerprint density at radius 1 is 1.19 bits per heavy atom. The van der Waals surface area contributed by atoms with E-state index < -0.39 is 10.0 Å². The molecule has 0 aliphatic rings. The van der Waals surface area contributed by atoms with Crippen molar-refractivity contribution in [3.05, 3.63) is 36.5 Å². The van der Waals surface area contributed by atoms with Crippen molar-refractivity contribution in [3.8, 4) is 0 Å². The van der Waals surface area contributed by atoms with E-state index >= 15 is 0 Å². The minimum Gasteiger partial charge on any atom is -0.381 e. The first-order valence-electron chi connectivity index (χ1n) is 6.62. The van der Waals surface area contributed by atoms with Gasteiger partial charge in [0.25, 0.3) is 0 Å². The number of rotatable bonds is 8. The van der Waals surface area contributed by atoms with Gasteiger partial charge in [-0.05, 0) is 30.7 Å². The molecule has 1 N–H and O–H groups in total. The highest BCUT2D eigenvalue weighted by molar-refractivity contribution is 9.09. The molecule has 21 heavy (non-hydrogen) atoms. The van der Waals surface area contributed by atoms with Gasteiger partial charge in [0.15, 0.2) is 0 Å². The Morgan fingerprint density at radius 3 is 2.86 bits per heavy atom. The molecule has 0 bridgehead atoms. The van der Waals surface area contributed by atoms with Crippen LogP contribution >= 0.6 is 15.9 Å². The van der Waals surface area contributed by atoms with Crippen LogP contribution < -0.4 is 4.72 Å². The largest absolute Gasteiger partial charge is 0.381 e. The normalized spacial score (nSPS) is 11.9. The first-order valence-corrected chi connectivity index (χ1v) is 9.23. The average Bonchev–Trinajstić information content (AvgIpc) is 2.50. The van der Waals surface area contributed by atoms with Gasteiger partial charge in [-0.1, -0.05) is 22.0 Å². The standard InChI is InChI=1S/C14H17BrN2O3S/c15-7-11-20-10-3-9-17-21(18,19)14-6-1-5-13-12(14)4-2-8-16-13/h1-2,4-6,8,17H,3,7,9-11H2. The molecule has 114 valence electrons. The molecule has 0 spiro atoms. The summed E-state index contributed by atoms with van der Waals surface area (Å²) in [6, 6.07) is 8.57. The summed E-state index contributed by atoms with van der Waals surface area (Å²) >= 11 is 3.26. The Balaban J connectivity index is 2.05. The number of halogens is 1. The van der Waals surface area contributed by atoms with Crippen molar-refractivity contribution in [2.24, 2.45) is 0 Å². The summed E-state index contributed by atoms with van der Waals surface area (Å²) < 4.78 is 32.6. The lowest BCUT2D eigenvalue weighted by molar-refractivity contribution is 0.149. The number of alkyl halides is 1. The maximum atomic E-state index is 12.3. The van der Waals surface area contributed by atoms with Crippen molar-refractivity contribution in [3.63, 3.8) is 0 Å². The first-order chi connectivity index (χ1) is 10.1. The molecular formula is C14H17BrN2O3S. The second-order valence-corrected chi connectivity index (χ2v) is 6.91. The molecule has 1 aromatic carbocycles.